The third-order valence-electron chi connectivity index (χ3n) is 2.62. The van der Waals surface area contributed by atoms with Crippen LogP contribution in [-0.2, 0) is 3.79 Å². The number of nitrogens with zero attached hydrogens (tertiary/aromatic N) is 3. The predicted octanol–water partition coefficient (Wildman–Crippen LogP) is 3.51. The molecule has 0 radical (unpaired) electrons. The maximum absolute atomic E-state index is 5.94. The van der Waals surface area contributed by atoms with Crippen LogP contribution in [0.1, 0.15) is 19.7 Å². The fourth-order valence-electron chi connectivity index (χ4n) is 1.60. The monoisotopic (exact) mass is 359 g/mol. The molecule has 0 unspecified atom stereocenters. The van der Waals surface area contributed by atoms with Crippen LogP contribution in [0.5, 0.6) is 0 Å². The SMILES string of the molecule is CC(C)(N)CNc1nc(-c2ccccc2)nc(C(Cl)(Cl)Cl)n1. The molecule has 3 N–H and O–H groups in total. The van der Waals surface area contributed by atoms with Crippen molar-refractivity contribution >= 4 is 40.8 Å². The summed E-state index contributed by atoms with van der Waals surface area (Å²) in [5, 5.41) is 3.04. The van der Waals surface area contributed by atoms with Crippen molar-refractivity contribution in [2.24, 2.45) is 5.73 Å². The maximum Gasteiger partial charge on any atom is 0.250 e. The van der Waals surface area contributed by atoms with E-state index in [1.807, 2.05) is 44.2 Å². The Morgan fingerprint density at radius 1 is 1.05 bits per heavy atom. The zero-order valence-electron chi connectivity index (χ0n) is 12.1. The van der Waals surface area contributed by atoms with E-state index < -0.39 is 9.33 Å². The summed E-state index contributed by atoms with van der Waals surface area (Å²) in [4.78, 5) is 12.7. The average Bonchev–Trinajstić information content (AvgIpc) is 2.44. The van der Waals surface area contributed by atoms with Gasteiger partial charge in [0.05, 0.1) is 0 Å². The molecular weight excluding hydrogens is 345 g/mol. The number of aromatic nitrogens is 3. The van der Waals surface area contributed by atoms with Crippen molar-refractivity contribution in [1.82, 2.24) is 15.0 Å². The van der Waals surface area contributed by atoms with Gasteiger partial charge in [0.2, 0.25) is 9.74 Å². The van der Waals surface area contributed by atoms with Crippen molar-refractivity contribution < 1.29 is 0 Å². The summed E-state index contributed by atoms with van der Waals surface area (Å²) in [5.41, 5.74) is 6.31. The van der Waals surface area contributed by atoms with Crippen LogP contribution in [0.15, 0.2) is 30.3 Å². The lowest BCUT2D eigenvalue weighted by Crippen LogP contribution is -2.40. The highest BCUT2D eigenvalue weighted by molar-refractivity contribution is 6.66. The van der Waals surface area contributed by atoms with E-state index in [0.717, 1.165) is 5.56 Å². The van der Waals surface area contributed by atoms with Crippen molar-refractivity contribution in [3.05, 3.63) is 36.2 Å². The summed E-state index contributed by atoms with van der Waals surface area (Å²) in [5.74, 6) is 0.798. The molecule has 1 heterocycles. The summed E-state index contributed by atoms with van der Waals surface area (Å²) in [6, 6.07) is 9.40. The van der Waals surface area contributed by atoms with Gasteiger partial charge in [-0.1, -0.05) is 65.1 Å². The molecule has 0 aliphatic rings. The number of rotatable bonds is 4. The highest BCUT2D eigenvalue weighted by Gasteiger charge is 2.28. The molecule has 0 fully saturated rings. The summed E-state index contributed by atoms with van der Waals surface area (Å²) < 4.78 is -1.73. The van der Waals surface area contributed by atoms with E-state index >= 15 is 0 Å². The predicted molar refractivity (Wildman–Crippen MR) is 91.3 cm³/mol. The van der Waals surface area contributed by atoms with E-state index in [2.05, 4.69) is 20.3 Å². The maximum atomic E-state index is 5.94. The molecular formula is C14H16Cl3N5. The molecule has 0 atom stereocenters. The van der Waals surface area contributed by atoms with E-state index in [1.54, 1.807) is 0 Å². The molecule has 0 spiro atoms. The molecule has 2 aromatic rings. The van der Waals surface area contributed by atoms with E-state index in [9.17, 15) is 0 Å². The average molecular weight is 361 g/mol. The first-order valence-corrected chi connectivity index (χ1v) is 7.70. The normalized spacial score (nSPS) is 12.3. The number of anilines is 1. The second kappa shape index (κ2) is 6.54. The fraction of sp³-hybridized carbons (Fsp3) is 0.357. The van der Waals surface area contributed by atoms with Gasteiger partial charge in [0.25, 0.3) is 0 Å². The third kappa shape index (κ3) is 4.95. The topological polar surface area (TPSA) is 76.7 Å². The van der Waals surface area contributed by atoms with E-state index in [4.69, 9.17) is 40.5 Å². The molecule has 0 saturated heterocycles. The van der Waals surface area contributed by atoms with Gasteiger partial charge in [-0.05, 0) is 13.8 Å². The molecule has 0 amide bonds. The van der Waals surface area contributed by atoms with Crippen LogP contribution in [0, 0.1) is 0 Å². The van der Waals surface area contributed by atoms with Gasteiger partial charge in [0.15, 0.2) is 11.6 Å². The van der Waals surface area contributed by atoms with Gasteiger partial charge in [-0.2, -0.15) is 9.97 Å². The Bertz CT molecular complexity index is 635. The van der Waals surface area contributed by atoms with Gasteiger partial charge in [0, 0.05) is 17.6 Å². The minimum atomic E-state index is -1.73. The molecule has 2 rings (SSSR count). The summed E-state index contributed by atoms with van der Waals surface area (Å²) in [6.07, 6.45) is 0. The van der Waals surface area contributed by atoms with Gasteiger partial charge in [-0.25, -0.2) is 4.98 Å². The Balaban J connectivity index is 2.42. The van der Waals surface area contributed by atoms with Crippen molar-refractivity contribution in [2.45, 2.75) is 23.2 Å². The largest absolute Gasteiger partial charge is 0.352 e. The molecule has 0 saturated carbocycles. The third-order valence-corrected chi connectivity index (χ3v) is 3.13. The van der Waals surface area contributed by atoms with Crippen LogP contribution in [0.25, 0.3) is 11.4 Å². The van der Waals surface area contributed by atoms with Crippen LogP contribution in [0.4, 0.5) is 5.95 Å². The van der Waals surface area contributed by atoms with Gasteiger partial charge >= 0.3 is 0 Å². The number of alkyl halides is 3. The van der Waals surface area contributed by atoms with Crippen LogP contribution in [0.3, 0.4) is 0 Å². The highest BCUT2D eigenvalue weighted by atomic mass is 35.6. The van der Waals surface area contributed by atoms with Gasteiger partial charge in [-0.3, -0.25) is 0 Å². The Morgan fingerprint density at radius 3 is 2.23 bits per heavy atom. The van der Waals surface area contributed by atoms with Gasteiger partial charge in [-0.15, -0.1) is 0 Å². The zero-order valence-corrected chi connectivity index (χ0v) is 14.4. The van der Waals surface area contributed by atoms with Crippen LogP contribution < -0.4 is 11.1 Å². The number of hydrogen-bond acceptors (Lipinski definition) is 5. The molecule has 1 aromatic heterocycles. The molecule has 0 bridgehead atoms. The van der Waals surface area contributed by atoms with Crippen LogP contribution in [0.2, 0.25) is 0 Å². The van der Waals surface area contributed by atoms with Crippen molar-refractivity contribution in [3.63, 3.8) is 0 Å². The Hall–Kier alpha value is -1.14. The van der Waals surface area contributed by atoms with E-state index in [0.29, 0.717) is 18.3 Å². The zero-order chi connectivity index (χ0) is 16.4. The van der Waals surface area contributed by atoms with Crippen molar-refractivity contribution in [3.8, 4) is 11.4 Å². The quantitative estimate of drug-likeness (QED) is 0.816. The first-order chi connectivity index (χ1) is 10.1. The molecule has 0 aliphatic heterocycles. The van der Waals surface area contributed by atoms with Crippen LogP contribution >= 0.6 is 34.8 Å². The molecule has 22 heavy (non-hydrogen) atoms. The molecule has 1 aromatic carbocycles. The lowest BCUT2D eigenvalue weighted by atomic mass is 10.1. The molecule has 5 nitrogen and oxygen atoms in total. The number of hydrogen-bond donors (Lipinski definition) is 2. The van der Waals surface area contributed by atoms with Gasteiger partial charge in [0.1, 0.15) is 0 Å². The fourth-order valence-corrected chi connectivity index (χ4v) is 1.86. The van der Waals surface area contributed by atoms with Crippen LogP contribution in [-0.4, -0.2) is 27.0 Å². The number of halogens is 3. The second-order valence-corrected chi connectivity index (χ2v) is 7.79. The minimum Gasteiger partial charge on any atom is -0.352 e. The van der Waals surface area contributed by atoms with Gasteiger partial charge < -0.3 is 11.1 Å². The smallest absolute Gasteiger partial charge is 0.250 e. The Kier molecular flexibility index (Phi) is 5.12. The standard InChI is InChI=1S/C14H16Cl3N5/c1-13(2,18)8-19-12-21-10(9-6-4-3-5-7-9)20-11(22-12)14(15,16)17/h3-7H,8,18H2,1-2H3,(H,19,20,21,22). The second-order valence-electron chi connectivity index (χ2n) is 5.51. The summed E-state index contributed by atoms with van der Waals surface area (Å²) in [6.45, 7) is 4.23. The molecule has 0 aliphatic carbocycles. The van der Waals surface area contributed by atoms with Crippen molar-refractivity contribution in [2.75, 3.05) is 11.9 Å². The van der Waals surface area contributed by atoms with E-state index in [-0.39, 0.29) is 5.82 Å². The lowest BCUT2D eigenvalue weighted by Gasteiger charge is -2.19. The Morgan fingerprint density at radius 2 is 1.68 bits per heavy atom. The molecule has 8 heteroatoms. The lowest BCUT2D eigenvalue weighted by molar-refractivity contribution is 0.547. The summed E-state index contributed by atoms with van der Waals surface area (Å²) >= 11 is 17.7. The van der Waals surface area contributed by atoms with E-state index in [1.165, 1.54) is 0 Å². The number of benzene rings is 1. The number of nitrogens with one attached hydrogen (secondary N) is 1. The Labute approximate surface area is 144 Å². The minimum absolute atomic E-state index is 0.0590. The first-order valence-electron chi connectivity index (χ1n) is 6.57. The summed E-state index contributed by atoms with van der Waals surface area (Å²) in [7, 11) is 0. The number of nitrogens with two attached hydrogens (primary N) is 1. The molecule has 118 valence electrons. The van der Waals surface area contributed by atoms with Crippen molar-refractivity contribution in [1.29, 1.82) is 0 Å². The highest BCUT2D eigenvalue weighted by Crippen LogP contribution is 2.36. The first kappa shape index (κ1) is 17.2.